The fourth-order valence-corrected chi connectivity index (χ4v) is 4.28. The normalized spacial score (nSPS) is 11.5. The molecule has 0 bridgehead atoms. The van der Waals surface area contributed by atoms with E-state index in [1.807, 2.05) is 20.9 Å². The molecule has 8 nitrogen and oxygen atoms in total. The third kappa shape index (κ3) is 3.56. The molecule has 3 aromatic heterocycles. The molecule has 0 saturated carbocycles. The van der Waals surface area contributed by atoms with Gasteiger partial charge in [0, 0.05) is 35.7 Å². The molecule has 178 valence electrons. The van der Waals surface area contributed by atoms with Crippen LogP contribution in [0.2, 0.25) is 0 Å². The van der Waals surface area contributed by atoms with E-state index in [-0.39, 0.29) is 24.0 Å². The van der Waals surface area contributed by atoms with Crippen LogP contribution in [0.5, 0.6) is 0 Å². The minimum atomic E-state index is -1.25. The Labute approximate surface area is 198 Å². The van der Waals surface area contributed by atoms with Gasteiger partial charge < -0.3 is 11.5 Å². The molecule has 35 heavy (non-hydrogen) atoms. The van der Waals surface area contributed by atoms with Crippen LogP contribution >= 0.6 is 0 Å². The fraction of sp³-hybridized carbons (Fsp3) is 0.167. The highest BCUT2D eigenvalue weighted by Crippen LogP contribution is 2.35. The van der Waals surface area contributed by atoms with Gasteiger partial charge in [-0.1, -0.05) is 18.2 Å². The molecule has 5 rings (SSSR count). The molecule has 0 unspecified atom stereocenters. The van der Waals surface area contributed by atoms with Crippen LogP contribution in [-0.4, -0.2) is 29.5 Å². The summed E-state index contributed by atoms with van der Waals surface area (Å²) >= 11 is 0. The smallest absolute Gasteiger partial charge is 0.255 e. The summed E-state index contributed by atoms with van der Waals surface area (Å²) < 4.78 is 45.5. The predicted octanol–water partition coefficient (Wildman–Crippen LogP) is 4.01. The van der Waals surface area contributed by atoms with E-state index in [0.29, 0.717) is 22.2 Å². The average molecular weight is 478 g/mol. The molecule has 0 radical (unpaired) electrons. The molecule has 0 aliphatic heterocycles. The summed E-state index contributed by atoms with van der Waals surface area (Å²) in [7, 11) is 1.81. The standard InChI is InChI=1S/C24H21F3N8/c1-11-19(12(2)34(3)32-11)20-22(28)30-24(31-23(20)29)35-18-7-5-4-6-13(18)17(33-35)10-14-15(25)8-9-16(26)21(14)27/h4-9H,10H2,1-3H3,(H4,28,29,30,31). The number of nitrogens with zero attached hydrogens (tertiary/aromatic N) is 6. The van der Waals surface area contributed by atoms with Gasteiger partial charge in [0.15, 0.2) is 11.6 Å². The minimum absolute atomic E-state index is 0.0885. The van der Waals surface area contributed by atoms with Gasteiger partial charge in [-0.2, -0.15) is 24.8 Å². The first-order chi connectivity index (χ1) is 16.7. The summed E-state index contributed by atoms with van der Waals surface area (Å²) in [5, 5.41) is 9.49. The zero-order valence-corrected chi connectivity index (χ0v) is 19.1. The number of aromatic nitrogens is 6. The van der Waals surface area contributed by atoms with Crippen molar-refractivity contribution < 1.29 is 13.2 Å². The number of para-hydroxylation sites is 1. The summed E-state index contributed by atoms with van der Waals surface area (Å²) in [5.41, 5.74) is 15.9. The number of fused-ring (bicyclic) bond motifs is 1. The lowest BCUT2D eigenvalue weighted by atomic mass is 10.1. The van der Waals surface area contributed by atoms with Crippen LogP contribution in [0.25, 0.3) is 28.0 Å². The van der Waals surface area contributed by atoms with Crippen molar-refractivity contribution in [3.05, 3.63) is 76.5 Å². The first-order valence-electron chi connectivity index (χ1n) is 10.7. The Hall–Kier alpha value is -4.41. The number of halogens is 3. The quantitative estimate of drug-likeness (QED) is 0.378. The number of nitrogens with two attached hydrogens (primary N) is 2. The Bertz CT molecular complexity index is 1600. The van der Waals surface area contributed by atoms with Gasteiger partial charge in [0.05, 0.1) is 22.5 Å². The van der Waals surface area contributed by atoms with Crippen molar-refractivity contribution >= 4 is 22.5 Å². The van der Waals surface area contributed by atoms with Crippen molar-refractivity contribution in [2.24, 2.45) is 7.05 Å². The summed E-state index contributed by atoms with van der Waals surface area (Å²) in [6.45, 7) is 3.73. The highest BCUT2D eigenvalue weighted by atomic mass is 19.2. The maximum Gasteiger partial charge on any atom is 0.255 e. The number of benzene rings is 2. The minimum Gasteiger partial charge on any atom is -0.383 e. The van der Waals surface area contributed by atoms with Crippen molar-refractivity contribution in [2.75, 3.05) is 11.5 Å². The molecule has 3 heterocycles. The van der Waals surface area contributed by atoms with E-state index < -0.39 is 23.0 Å². The molecule has 0 fully saturated rings. The zero-order valence-electron chi connectivity index (χ0n) is 19.1. The maximum atomic E-state index is 14.3. The van der Waals surface area contributed by atoms with Gasteiger partial charge in [0.25, 0.3) is 5.95 Å². The molecule has 4 N–H and O–H groups in total. The lowest BCUT2D eigenvalue weighted by Gasteiger charge is -2.11. The second-order valence-corrected chi connectivity index (χ2v) is 8.21. The molecule has 5 aromatic rings. The van der Waals surface area contributed by atoms with Crippen molar-refractivity contribution in [1.29, 1.82) is 0 Å². The molecule has 0 amide bonds. The van der Waals surface area contributed by atoms with Crippen LogP contribution < -0.4 is 11.5 Å². The van der Waals surface area contributed by atoms with Crippen molar-refractivity contribution in [3.8, 4) is 17.1 Å². The van der Waals surface area contributed by atoms with Crippen LogP contribution in [0.1, 0.15) is 22.6 Å². The number of aryl methyl sites for hydroxylation is 2. The van der Waals surface area contributed by atoms with E-state index in [1.165, 1.54) is 4.68 Å². The maximum absolute atomic E-state index is 14.3. The number of anilines is 2. The predicted molar refractivity (Wildman–Crippen MR) is 126 cm³/mol. The van der Waals surface area contributed by atoms with E-state index in [1.54, 1.807) is 28.9 Å². The van der Waals surface area contributed by atoms with E-state index in [0.717, 1.165) is 29.1 Å². The first kappa shape index (κ1) is 22.4. The van der Waals surface area contributed by atoms with E-state index in [9.17, 15) is 13.2 Å². The molecule has 2 aromatic carbocycles. The third-order valence-electron chi connectivity index (χ3n) is 6.05. The van der Waals surface area contributed by atoms with Gasteiger partial charge in [-0.25, -0.2) is 13.2 Å². The molecule has 11 heteroatoms. The molecule has 0 aliphatic rings. The first-order valence-corrected chi connectivity index (χ1v) is 10.7. The average Bonchev–Trinajstić information content (AvgIpc) is 3.30. The van der Waals surface area contributed by atoms with Crippen LogP contribution in [-0.2, 0) is 13.5 Å². The SMILES string of the molecule is Cc1nn(C)c(C)c1-c1c(N)nc(-n2nc(Cc3c(F)ccc(F)c3F)c3ccccc32)nc1N. The molecule has 0 saturated heterocycles. The lowest BCUT2D eigenvalue weighted by Crippen LogP contribution is -2.11. The number of hydrogen-bond donors (Lipinski definition) is 2. The highest BCUT2D eigenvalue weighted by Gasteiger charge is 2.23. The molecular weight excluding hydrogens is 457 g/mol. The van der Waals surface area contributed by atoms with E-state index in [2.05, 4.69) is 20.2 Å². The molecular formula is C24H21F3N8. The van der Waals surface area contributed by atoms with Crippen molar-refractivity contribution in [3.63, 3.8) is 0 Å². The molecule has 0 aliphatic carbocycles. The zero-order chi connectivity index (χ0) is 25.0. The van der Waals surface area contributed by atoms with Gasteiger partial charge >= 0.3 is 0 Å². The van der Waals surface area contributed by atoms with Crippen LogP contribution in [0.4, 0.5) is 24.8 Å². The van der Waals surface area contributed by atoms with Crippen molar-refractivity contribution in [1.82, 2.24) is 29.5 Å². The monoisotopic (exact) mass is 478 g/mol. The summed E-state index contributed by atoms with van der Waals surface area (Å²) in [6, 6.07) is 8.67. The van der Waals surface area contributed by atoms with Gasteiger partial charge in [0.1, 0.15) is 17.5 Å². The Morgan fingerprint density at radius 2 is 1.51 bits per heavy atom. The van der Waals surface area contributed by atoms with Crippen LogP contribution in [0.15, 0.2) is 36.4 Å². The van der Waals surface area contributed by atoms with Crippen molar-refractivity contribution in [2.45, 2.75) is 20.3 Å². The van der Waals surface area contributed by atoms with Crippen LogP contribution in [0.3, 0.4) is 0 Å². The fourth-order valence-electron chi connectivity index (χ4n) is 4.28. The summed E-state index contributed by atoms with van der Waals surface area (Å²) in [4.78, 5) is 8.87. The summed E-state index contributed by atoms with van der Waals surface area (Å²) in [5.74, 6) is -2.89. The number of rotatable bonds is 4. The second kappa shape index (κ2) is 8.12. The number of nitrogen functional groups attached to an aromatic ring is 2. The Morgan fingerprint density at radius 3 is 2.17 bits per heavy atom. The van der Waals surface area contributed by atoms with Gasteiger partial charge in [-0.3, -0.25) is 4.68 Å². The Morgan fingerprint density at radius 1 is 0.857 bits per heavy atom. The highest BCUT2D eigenvalue weighted by molar-refractivity contribution is 5.87. The molecule has 0 atom stereocenters. The molecule has 0 spiro atoms. The van der Waals surface area contributed by atoms with Gasteiger partial charge in [-0.15, -0.1) is 0 Å². The lowest BCUT2D eigenvalue weighted by molar-refractivity contribution is 0.482. The second-order valence-electron chi connectivity index (χ2n) is 8.21. The topological polar surface area (TPSA) is 113 Å². The van der Waals surface area contributed by atoms with E-state index in [4.69, 9.17) is 11.5 Å². The Balaban J connectivity index is 1.66. The van der Waals surface area contributed by atoms with Gasteiger partial charge in [0.2, 0.25) is 0 Å². The largest absolute Gasteiger partial charge is 0.383 e. The number of hydrogen-bond acceptors (Lipinski definition) is 6. The van der Waals surface area contributed by atoms with Crippen LogP contribution in [0, 0.1) is 31.3 Å². The van der Waals surface area contributed by atoms with E-state index >= 15 is 0 Å². The van der Waals surface area contributed by atoms with Gasteiger partial charge in [-0.05, 0) is 32.0 Å². The third-order valence-corrected chi connectivity index (χ3v) is 6.05. The Kier molecular flexibility index (Phi) is 5.19. The summed E-state index contributed by atoms with van der Waals surface area (Å²) in [6.07, 6.45) is -0.278.